The fraction of sp³-hybridized carbons (Fsp3) is 0.960. The Labute approximate surface area is 235 Å². The van der Waals surface area contributed by atoms with Gasteiger partial charge in [0.25, 0.3) is 0 Å². The normalized spacial score (nSPS) is 13.3. The molecule has 0 atom stereocenters. The van der Waals surface area contributed by atoms with Gasteiger partial charge in [-0.3, -0.25) is 4.79 Å². The molecular weight excluding hydrogens is 545 g/mol. The Balaban J connectivity index is 5.52. The molecule has 10 nitrogen and oxygen atoms in total. The van der Waals surface area contributed by atoms with E-state index in [0.29, 0.717) is 12.2 Å². The minimum absolute atomic E-state index is 0.327. The predicted molar refractivity (Wildman–Crippen MR) is 154 cm³/mol. The molecule has 0 heterocycles. The third-order valence-electron chi connectivity index (χ3n) is 7.88. The van der Waals surface area contributed by atoms with Crippen molar-refractivity contribution in [1.29, 1.82) is 0 Å². The Morgan fingerprint density at radius 1 is 0.474 bits per heavy atom. The summed E-state index contributed by atoms with van der Waals surface area (Å²) in [6.07, 6.45) is 8.32. The van der Waals surface area contributed by atoms with E-state index in [1.807, 2.05) is 6.92 Å². The second kappa shape index (κ2) is 19.9. The standard InChI is InChI=1S/C25H56O10Si3/c1-11-24(26)25(18-12-15-21-36(27-2,28-3)29-4,19-13-16-22-37(30-5,31-6)32-7)20-14-17-23-38(33-8,34-9)35-10/h11-23H2,1-10H3. The van der Waals surface area contributed by atoms with E-state index < -0.39 is 26.4 Å². The lowest BCUT2D eigenvalue weighted by Crippen LogP contribution is -2.43. The van der Waals surface area contributed by atoms with Crippen molar-refractivity contribution in [3.05, 3.63) is 0 Å². The van der Waals surface area contributed by atoms with Crippen LogP contribution in [0.1, 0.15) is 71.1 Å². The first-order chi connectivity index (χ1) is 18.1. The first-order valence-electron chi connectivity index (χ1n) is 13.6. The molecule has 0 amide bonds. The smallest absolute Gasteiger partial charge is 0.377 e. The first-order valence-corrected chi connectivity index (χ1v) is 19.4. The molecule has 13 heteroatoms. The van der Waals surface area contributed by atoms with Gasteiger partial charge in [-0.05, 0) is 38.5 Å². The number of carbonyl (C=O) groups is 1. The highest BCUT2D eigenvalue weighted by Crippen LogP contribution is 2.40. The summed E-state index contributed by atoms with van der Waals surface area (Å²) in [6.45, 7) is 1.97. The zero-order valence-electron chi connectivity index (χ0n) is 25.8. The molecule has 0 radical (unpaired) electrons. The number of carbonyl (C=O) groups excluding carboxylic acids is 1. The summed E-state index contributed by atoms with van der Waals surface area (Å²) in [5, 5.41) is 0. The van der Waals surface area contributed by atoms with Gasteiger partial charge >= 0.3 is 26.4 Å². The van der Waals surface area contributed by atoms with E-state index in [9.17, 15) is 4.79 Å². The molecular formula is C25H56O10Si3. The van der Waals surface area contributed by atoms with Crippen molar-refractivity contribution in [2.24, 2.45) is 5.41 Å². The van der Waals surface area contributed by atoms with E-state index in [4.69, 9.17) is 39.8 Å². The Morgan fingerprint density at radius 3 is 0.895 bits per heavy atom. The summed E-state index contributed by atoms with van der Waals surface area (Å²) in [6, 6.07) is 2.17. The number of ketones is 1. The topological polar surface area (TPSA) is 100 Å². The van der Waals surface area contributed by atoms with Crippen molar-refractivity contribution < 1.29 is 44.6 Å². The third kappa shape index (κ3) is 11.4. The first kappa shape index (κ1) is 38.0. The molecule has 0 aliphatic rings. The summed E-state index contributed by atoms with van der Waals surface area (Å²) < 4.78 is 50.3. The highest BCUT2D eigenvalue weighted by Gasteiger charge is 2.41. The van der Waals surface area contributed by atoms with Gasteiger partial charge < -0.3 is 39.8 Å². The van der Waals surface area contributed by atoms with Crippen LogP contribution in [0.2, 0.25) is 18.1 Å². The highest BCUT2D eigenvalue weighted by molar-refractivity contribution is 6.61. The van der Waals surface area contributed by atoms with Gasteiger partial charge in [0.05, 0.1) is 0 Å². The molecule has 0 N–H and O–H groups in total. The lowest BCUT2D eigenvalue weighted by Gasteiger charge is -2.34. The van der Waals surface area contributed by atoms with Crippen LogP contribution in [0.25, 0.3) is 0 Å². The van der Waals surface area contributed by atoms with E-state index in [2.05, 4.69) is 0 Å². The number of hydrogen-bond donors (Lipinski definition) is 0. The van der Waals surface area contributed by atoms with Gasteiger partial charge in [0.15, 0.2) is 0 Å². The largest absolute Gasteiger partial charge is 0.500 e. The van der Waals surface area contributed by atoms with Crippen LogP contribution in [0.15, 0.2) is 0 Å². The van der Waals surface area contributed by atoms with Crippen LogP contribution in [-0.4, -0.2) is 96.2 Å². The summed E-state index contributed by atoms with van der Waals surface area (Å²) in [5.74, 6) is 0.327. The van der Waals surface area contributed by atoms with Gasteiger partial charge in [0.1, 0.15) is 5.78 Å². The Morgan fingerprint density at radius 2 is 0.711 bits per heavy atom. The molecule has 0 spiro atoms. The van der Waals surface area contributed by atoms with E-state index in [1.54, 1.807) is 64.0 Å². The maximum Gasteiger partial charge on any atom is 0.500 e. The highest BCUT2D eigenvalue weighted by atomic mass is 28.4. The van der Waals surface area contributed by atoms with Gasteiger partial charge in [0, 0.05) is 94.0 Å². The monoisotopic (exact) mass is 600 g/mol. The third-order valence-corrected chi connectivity index (χ3v) is 16.4. The number of hydrogen-bond acceptors (Lipinski definition) is 10. The number of Topliss-reactive ketones (excluding diaryl/α,β-unsaturated/α-hetero) is 1. The molecule has 0 aromatic carbocycles. The number of unbranched alkanes of at least 4 members (excludes halogenated alkanes) is 3. The fourth-order valence-electron chi connectivity index (χ4n) is 5.25. The van der Waals surface area contributed by atoms with E-state index in [-0.39, 0.29) is 5.41 Å². The van der Waals surface area contributed by atoms with E-state index in [1.165, 1.54) is 0 Å². The van der Waals surface area contributed by atoms with Crippen LogP contribution >= 0.6 is 0 Å². The molecule has 38 heavy (non-hydrogen) atoms. The molecule has 0 saturated heterocycles. The van der Waals surface area contributed by atoms with Gasteiger partial charge in [-0.2, -0.15) is 0 Å². The van der Waals surface area contributed by atoms with Crippen LogP contribution in [-0.2, 0) is 44.6 Å². The molecule has 0 aliphatic carbocycles. The molecule has 0 unspecified atom stereocenters. The average Bonchev–Trinajstić information content (AvgIpc) is 2.97. The molecule has 0 aromatic heterocycles. The Kier molecular flexibility index (Phi) is 19.9. The minimum atomic E-state index is -2.64. The molecule has 0 aliphatic heterocycles. The zero-order valence-corrected chi connectivity index (χ0v) is 28.8. The zero-order chi connectivity index (χ0) is 29.1. The molecule has 228 valence electrons. The van der Waals surface area contributed by atoms with Crippen molar-refractivity contribution in [2.75, 3.05) is 64.0 Å². The lowest BCUT2D eigenvalue weighted by atomic mass is 9.70. The van der Waals surface area contributed by atoms with E-state index >= 15 is 0 Å². The lowest BCUT2D eigenvalue weighted by molar-refractivity contribution is -0.130. The van der Waals surface area contributed by atoms with E-state index in [0.717, 1.165) is 75.9 Å². The van der Waals surface area contributed by atoms with Crippen LogP contribution in [0.3, 0.4) is 0 Å². The molecule has 0 aromatic rings. The Bertz CT molecular complexity index is 520. The van der Waals surface area contributed by atoms with Gasteiger partial charge in [-0.25, -0.2) is 0 Å². The van der Waals surface area contributed by atoms with Crippen LogP contribution < -0.4 is 0 Å². The molecule has 0 bridgehead atoms. The van der Waals surface area contributed by atoms with Crippen molar-refractivity contribution in [3.63, 3.8) is 0 Å². The number of rotatable bonds is 26. The second-order valence-corrected chi connectivity index (χ2v) is 18.8. The van der Waals surface area contributed by atoms with Crippen molar-refractivity contribution in [2.45, 2.75) is 89.3 Å². The van der Waals surface area contributed by atoms with Crippen molar-refractivity contribution in [1.82, 2.24) is 0 Å². The van der Waals surface area contributed by atoms with Gasteiger partial charge in [0.2, 0.25) is 0 Å². The van der Waals surface area contributed by atoms with Crippen LogP contribution in [0.5, 0.6) is 0 Å². The van der Waals surface area contributed by atoms with Crippen LogP contribution in [0, 0.1) is 5.41 Å². The maximum atomic E-state index is 13.5. The molecule has 0 fully saturated rings. The summed E-state index contributed by atoms with van der Waals surface area (Å²) in [4.78, 5) is 13.5. The van der Waals surface area contributed by atoms with Gasteiger partial charge in [-0.1, -0.05) is 26.2 Å². The van der Waals surface area contributed by atoms with Gasteiger partial charge in [-0.15, -0.1) is 0 Å². The average molecular weight is 601 g/mol. The Hall–Kier alpha value is -0.0394. The molecule has 0 saturated carbocycles. The second-order valence-electron chi connectivity index (χ2n) is 9.56. The fourth-order valence-corrected chi connectivity index (χ4v) is 10.6. The predicted octanol–water partition coefficient (Wildman–Crippen LogP) is 5.10. The summed E-state index contributed by atoms with van der Waals surface area (Å²) in [7, 11) is 6.81. The summed E-state index contributed by atoms with van der Waals surface area (Å²) >= 11 is 0. The SMILES string of the molecule is CCC(=O)C(CCCC[Si](OC)(OC)OC)(CCCC[Si](OC)(OC)OC)CCCC[Si](OC)(OC)OC. The van der Waals surface area contributed by atoms with Crippen LogP contribution in [0.4, 0.5) is 0 Å². The van der Waals surface area contributed by atoms with Crippen molar-refractivity contribution in [3.8, 4) is 0 Å². The minimum Gasteiger partial charge on any atom is -0.377 e. The quantitative estimate of drug-likeness (QED) is 0.0985. The maximum absolute atomic E-state index is 13.5. The molecule has 0 rings (SSSR count). The van der Waals surface area contributed by atoms with Crippen molar-refractivity contribution >= 4 is 32.2 Å². The summed E-state index contributed by atoms with van der Waals surface area (Å²) in [5.41, 5.74) is -0.388.